The summed E-state index contributed by atoms with van der Waals surface area (Å²) in [5.74, 6) is 1.35. The second-order valence-corrected chi connectivity index (χ2v) is 4.98. The number of carbonyl (C=O) groups excluding carboxylic acids is 1. The summed E-state index contributed by atoms with van der Waals surface area (Å²) in [5.41, 5.74) is 0.585. The third kappa shape index (κ3) is 4.80. The Morgan fingerprint density at radius 2 is 1.52 bits per heavy atom. The van der Waals surface area contributed by atoms with Crippen molar-refractivity contribution < 1.29 is 14.3 Å². The van der Waals surface area contributed by atoms with Gasteiger partial charge in [-0.2, -0.15) is 0 Å². The summed E-state index contributed by atoms with van der Waals surface area (Å²) in [6.45, 7) is 2.74. The first-order valence-corrected chi connectivity index (χ1v) is 7.21. The molecule has 0 aliphatic heterocycles. The van der Waals surface area contributed by atoms with Crippen LogP contribution in [-0.2, 0) is 0 Å². The molecule has 0 amide bonds. The molecule has 0 radical (unpaired) electrons. The van der Waals surface area contributed by atoms with Crippen LogP contribution in [0.1, 0.15) is 23.7 Å². The average Bonchev–Trinajstić information content (AvgIpc) is 2.52. The Bertz CT molecular complexity index is 576. The van der Waals surface area contributed by atoms with E-state index in [9.17, 15) is 4.79 Å². The number of rotatable bonds is 7. The smallest absolute Gasteiger partial charge is 0.200 e. The van der Waals surface area contributed by atoms with Crippen LogP contribution in [0.15, 0.2) is 48.5 Å². The summed E-state index contributed by atoms with van der Waals surface area (Å²) in [7, 11) is 0. The molecule has 0 aliphatic carbocycles. The van der Waals surface area contributed by atoms with Crippen molar-refractivity contribution >= 4 is 17.4 Å². The highest BCUT2D eigenvalue weighted by molar-refractivity contribution is 6.30. The van der Waals surface area contributed by atoms with Gasteiger partial charge in [0.05, 0.1) is 6.61 Å². The molecule has 0 bridgehead atoms. The monoisotopic (exact) mass is 304 g/mol. The first kappa shape index (κ1) is 15.4. The molecule has 3 nitrogen and oxygen atoms in total. The van der Waals surface area contributed by atoms with Crippen LogP contribution in [0.2, 0.25) is 5.02 Å². The van der Waals surface area contributed by atoms with Crippen LogP contribution in [0.3, 0.4) is 0 Å². The second kappa shape index (κ2) is 7.70. The SMILES string of the molecule is CCCOc1ccc(OCC(=O)c2ccc(Cl)cc2)cc1. The predicted molar refractivity (Wildman–Crippen MR) is 83.5 cm³/mol. The molecular weight excluding hydrogens is 288 g/mol. The standard InChI is InChI=1S/C17H17ClO3/c1-2-11-20-15-7-9-16(10-8-15)21-12-17(19)13-3-5-14(18)6-4-13/h3-10H,2,11-12H2,1H3. The van der Waals surface area contributed by atoms with Gasteiger partial charge >= 0.3 is 0 Å². The highest BCUT2D eigenvalue weighted by atomic mass is 35.5. The Kier molecular flexibility index (Phi) is 5.64. The molecule has 21 heavy (non-hydrogen) atoms. The maximum Gasteiger partial charge on any atom is 0.200 e. The van der Waals surface area contributed by atoms with Crippen molar-refractivity contribution in [1.29, 1.82) is 0 Å². The second-order valence-electron chi connectivity index (χ2n) is 4.54. The van der Waals surface area contributed by atoms with E-state index >= 15 is 0 Å². The fraction of sp³-hybridized carbons (Fsp3) is 0.235. The van der Waals surface area contributed by atoms with E-state index in [2.05, 4.69) is 6.92 Å². The van der Waals surface area contributed by atoms with Crippen molar-refractivity contribution in [3.63, 3.8) is 0 Å². The normalized spacial score (nSPS) is 10.2. The summed E-state index contributed by atoms with van der Waals surface area (Å²) in [4.78, 5) is 11.9. The van der Waals surface area contributed by atoms with Crippen LogP contribution in [0.25, 0.3) is 0 Å². The molecule has 0 saturated carbocycles. The van der Waals surface area contributed by atoms with Crippen LogP contribution >= 0.6 is 11.6 Å². The Hall–Kier alpha value is -2.00. The fourth-order valence-corrected chi connectivity index (χ4v) is 1.85. The van der Waals surface area contributed by atoms with Crippen molar-refractivity contribution in [3.8, 4) is 11.5 Å². The molecule has 0 atom stereocenters. The maximum atomic E-state index is 11.9. The molecular formula is C17H17ClO3. The summed E-state index contributed by atoms with van der Waals surface area (Å²) in [6, 6.07) is 14.0. The largest absolute Gasteiger partial charge is 0.494 e. The van der Waals surface area contributed by atoms with Crippen LogP contribution < -0.4 is 9.47 Å². The lowest BCUT2D eigenvalue weighted by Crippen LogP contribution is -2.11. The number of benzene rings is 2. The summed E-state index contributed by atoms with van der Waals surface area (Å²) in [5, 5.41) is 0.607. The van der Waals surface area contributed by atoms with Gasteiger partial charge in [0.25, 0.3) is 0 Å². The quantitative estimate of drug-likeness (QED) is 0.712. The molecule has 4 heteroatoms. The summed E-state index contributed by atoms with van der Waals surface area (Å²) in [6.07, 6.45) is 0.966. The van der Waals surface area contributed by atoms with Crippen molar-refractivity contribution in [2.45, 2.75) is 13.3 Å². The van der Waals surface area contributed by atoms with Crippen molar-refractivity contribution in [1.82, 2.24) is 0 Å². The zero-order chi connectivity index (χ0) is 15.1. The zero-order valence-electron chi connectivity index (χ0n) is 11.8. The molecule has 2 aromatic carbocycles. The third-order valence-corrected chi connectivity index (χ3v) is 3.08. The fourth-order valence-electron chi connectivity index (χ4n) is 1.72. The minimum Gasteiger partial charge on any atom is -0.494 e. The lowest BCUT2D eigenvalue weighted by Gasteiger charge is -2.08. The van der Waals surface area contributed by atoms with Gasteiger partial charge in [0, 0.05) is 10.6 Å². The third-order valence-electron chi connectivity index (χ3n) is 2.83. The first-order valence-electron chi connectivity index (χ1n) is 6.83. The van der Waals surface area contributed by atoms with Crippen molar-refractivity contribution in [2.75, 3.05) is 13.2 Å². The number of hydrogen-bond donors (Lipinski definition) is 0. The number of Topliss-reactive ketones (excluding diaryl/α,β-unsaturated/α-hetero) is 1. The van der Waals surface area contributed by atoms with Gasteiger partial charge in [-0.3, -0.25) is 4.79 Å². The molecule has 0 N–H and O–H groups in total. The Morgan fingerprint density at radius 1 is 0.952 bits per heavy atom. The Morgan fingerprint density at radius 3 is 2.10 bits per heavy atom. The topological polar surface area (TPSA) is 35.5 Å². The van der Waals surface area contributed by atoms with Crippen LogP contribution in [-0.4, -0.2) is 19.0 Å². The van der Waals surface area contributed by atoms with E-state index in [1.807, 2.05) is 12.1 Å². The molecule has 0 aliphatic rings. The Balaban J connectivity index is 1.87. The van der Waals surface area contributed by atoms with Gasteiger partial charge in [0.15, 0.2) is 12.4 Å². The molecule has 0 spiro atoms. The maximum absolute atomic E-state index is 11.9. The van der Waals surface area contributed by atoms with Crippen LogP contribution in [0.5, 0.6) is 11.5 Å². The summed E-state index contributed by atoms with van der Waals surface area (Å²) >= 11 is 5.79. The van der Waals surface area contributed by atoms with E-state index in [1.54, 1.807) is 36.4 Å². The minimum atomic E-state index is -0.0852. The molecule has 2 aromatic rings. The van der Waals surface area contributed by atoms with Crippen LogP contribution in [0, 0.1) is 0 Å². The Labute approximate surface area is 129 Å². The van der Waals surface area contributed by atoms with Gasteiger partial charge in [-0.15, -0.1) is 0 Å². The van der Waals surface area contributed by atoms with Gasteiger partial charge in [0.1, 0.15) is 11.5 Å². The van der Waals surface area contributed by atoms with Crippen molar-refractivity contribution in [2.24, 2.45) is 0 Å². The number of halogens is 1. The molecule has 0 fully saturated rings. The highest BCUT2D eigenvalue weighted by Gasteiger charge is 2.06. The molecule has 0 heterocycles. The van der Waals surface area contributed by atoms with E-state index in [-0.39, 0.29) is 12.4 Å². The van der Waals surface area contributed by atoms with E-state index in [4.69, 9.17) is 21.1 Å². The zero-order valence-corrected chi connectivity index (χ0v) is 12.6. The highest BCUT2D eigenvalue weighted by Crippen LogP contribution is 2.18. The van der Waals surface area contributed by atoms with E-state index in [0.29, 0.717) is 22.9 Å². The van der Waals surface area contributed by atoms with Gasteiger partial charge in [-0.05, 0) is 55.0 Å². The van der Waals surface area contributed by atoms with Gasteiger partial charge in [0.2, 0.25) is 0 Å². The van der Waals surface area contributed by atoms with Gasteiger partial charge in [-0.1, -0.05) is 18.5 Å². The number of hydrogen-bond acceptors (Lipinski definition) is 3. The van der Waals surface area contributed by atoms with Gasteiger partial charge < -0.3 is 9.47 Å². The minimum absolute atomic E-state index is 0.00318. The predicted octanol–water partition coefficient (Wildman–Crippen LogP) is 4.39. The molecule has 2 rings (SSSR count). The molecule has 0 unspecified atom stereocenters. The van der Waals surface area contributed by atoms with E-state index in [1.165, 1.54) is 0 Å². The number of ether oxygens (including phenoxy) is 2. The number of ketones is 1. The van der Waals surface area contributed by atoms with Crippen LogP contribution in [0.4, 0.5) is 0 Å². The first-order chi connectivity index (χ1) is 10.2. The lowest BCUT2D eigenvalue weighted by molar-refractivity contribution is 0.0921. The average molecular weight is 305 g/mol. The van der Waals surface area contributed by atoms with Crippen molar-refractivity contribution in [3.05, 3.63) is 59.1 Å². The van der Waals surface area contributed by atoms with E-state index in [0.717, 1.165) is 12.2 Å². The molecule has 110 valence electrons. The molecule has 0 saturated heterocycles. The molecule has 0 aromatic heterocycles. The lowest BCUT2D eigenvalue weighted by atomic mass is 10.1. The van der Waals surface area contributed by atoms with E-state index < -0.39 is 0 Å². The number of carbonyl (C=O) groups is 1. The summed E-state index contributed by atoms with van der Waals surface area (Å²) < 4.78 is 11.0. The van der Waals surface area contributed by atoms with Gasteiger partial charge in [-0.25, -0.2) is 0 Å².